The second-order valence-electron chi connectivity index (χ2n) is 4.88. The van der Waals surface area contributed by atoms with E-state index in [1.165, 1.54) is 7.11 Å². The number of methoxy groups -OCH3 is 1. The van der Waals surface area contributed by atoms with Crippen LogP contribution < -0.4 is 5.32 Å². The monoisotopic (exact) mass is 375 g/mol. The molecule has 0 heterocycles. The van der Waals surface area contributed by atoms with Gasteiger partial charge in [0.25, 0.3) is 0 Å². The Balaban J connectivity index is 1.85. The van der Waals surface area contributed by atoms with Gasteiger partial charge < -0.3 is 14.8 Å². The molecule has 0 fully saturated rings. The molecule has 1 aliphatic carbocycles. The fraction of sp³-hybridized carbons (Fsp3) is 0.312. The van der Waals surface area contributed by atoms with Gasteiger partial charge in [-0.2, -0.15) is 0 Å². The smallest absolute Gasteiger partial charge is 0.250 e. The van der Waals surface area contributed by atoms with Crippen LogP contribution >= 0.6 is 34.8 Å². The molecule has 0 saturated carbocycles. The number of para-hydroxylation sites is 1. The van der Waals surface area contributed by atoms with E-state index in [4.69, 9.17) is 44.3 Å². The van der Waals surface area contributed by atoms with Crippen LogP contribution in [0.3, 0.4) is 0 Å². The quantitative estimate of drug-likeness (QED) is 0.766. The normalized spacial score (nSPS) is 23.9. The number of carbonyl (C=O) groups is 1. The van der Waals surface area contributed by atoms with Gasteiger partial charge in [-0.05, 0) is 23.8 Å². The van der Waals surface area contributed by atoms with Crippen LogP contribution in [0.2, 0.25) is 0 Å². The minimum Gasteiger partial charge on any atom is -0.367 e. The van der Waals surface area contributed by atoms with Gasteiger partial charge in [0.2, 0.25) is 5.91 Å². The number of anilines is 1. The molecule has 1 aromatic rings. The average molecular weight is 377 g/mol. The van der Waals surface area contributed by atoms with Crippen molar-refractivity contribution in [3.8, 4) is 0 Å². The van der Waals surface area contributed by atoms with Gasteiger partial charge in [0.1, 0.15) is 12.0 Å². The first-order valence-electron chi connectivity index (χ1n) is 6.85. The Morgan fingerprint density at radius 3 is 2.70 bits per heavy atom. The van der Waals surface area contributed by atoms with Crippen molar-refractivity contribution >= 4 is 46.4 Å². The van der Waals surface area contributed by atoms with Crippen LogP contribution in [0.15, 0.2) is 53.1 Å². The second-order valence-corrected chi connectivity index (χ2v) is 6.31. The minimum absolute atomic E-state index is 0.0976. The predicted octanol–water partition coefficient (Wildman–Crippen LogP) is 3.89. The minimum atomic E-state index is -1.17. The molecule has 2 rings (SSSR count). The standard InChI is InChI=1S/C16H16Cl3NO3/c1-22-16(19)8-7-11(14(17)15(16)18)9-23-10-13(21)20-12-5-3-2-4-6-12/h2-8,15H,9-10H2,1H3,(H,20,21). The molecular formula is C16H16Cl3NO3. The number of amides is 1. The van der Waals surface area contributed by atoms with Crippen molar-refractivity contribution < 1.29 is 14.3 Å². The number of hydrogen-bond donors (Lipinski definition) is 1. The molecule has 2 atom stereocenters. The highest BCUT2D eigenvalue weighted by atomic mass is 35.5. The highest BCUT2D eigenvalue weighted by molar-refractivity contribution is 6.42. The Morgan fingerprint density at radius 1 is 1.35 bits per heavy atom. The largest absolute Gasteiger partial charge is 0.367 e. The lowest BCUT2D eigenvalue weighted by molar-refractivity contribution is -0.120. The number of rotatable bonds is 6. The van der Waals surface area contributed by atoms with Crippen LogP contribution in [-0.4, -0.2) is 36.7 Å². The van der Waals surface area contributed by atoms with Gasteiger partial charge >= 0.3 is 0 Å². The number of ether oxygens (including phenoxy) is 2. The van der Waals surface area contributed by atoms with E-state index in [1.807, 2.05) is 18.2 Å². The Bertz CT molecular complexity index is 618. The first-order chi connectivity index (χ1) is 11.0. The molecule has 1 aromatic carbocycles. The zero-order valence-corrected chi connectivity index (χ0v) is 14.7. The second kappa shape index (κ2) is 8.18. The zero-order valence-electron chi connectivity index (χ0n) is 12.4. The molecule has 4 nitrogen and oxygen atoms in total. The van der Waals surface area contributed by atoms with E-state index >= 15 is 0 Å². The number of carbonyl (C=O) groups excluding carboxylic acids is 1. The third-order valence-electron chi connectivity index (χ3n) is 3.25. The molecule has 0 bridgehead atoms. The molecule has 2 unspecified atom stereocenters. The van der Waals surface area contributed by atoms with Gasteiger partial charge in [0.15, 0.2) is 5.06 Å². The lowest BCUT2D eigenvalue weighted by Gasteiger charge is -2.31. The van der Waals surface area contributed by atoms with Gasteiger partial charge in [-0.25, -0.2) is 0 Å². The summed E-state index contributed by atoms with van der Waals surface area (Å²) in [7, 11) is 1.45. The molecule has 0 aromatic heterocycles. The van der Waals surface area contributed by atoms with E-state index in [-0.39, 0.29) is 19.1 Å². The third kappa shape index (κ3) is 4.72. The number of alkyl halides is 2. The van der Waals surface area contributed by atoms with Crippen molar-refractivity contribution in [1.82, 2.24) is 0 Å². The summed E-state index contributed by atoms with van der Waals surface area (Å²) in [6.45, 7) is 0.0527. The Morgan fingerprint density at radius 2 is 2.04 bits per heavy atom. The molecular weight excluding hydrogens is 361 g/mol. The van der Waals surface area contributed by atoms with Crippen LogP contribution in [0.25, 0.3) is 0 Å². The summed E-state index contributed by atoms with van der Waals surface area (Å²) in [5.74, 6) is -0.251. The van der Waals surface area contributed by atoms with Gasteiger partial charge in [0.05, 0.1) is 6.61 Å². The molecule has 1 aliphatic rings. The molecule has 0 aliphatic heterocycles. The van der Waals surface area contributed by atoms with E-state index < -0.39 is 10.4 Å². The van der Waals surface area contributed by atoms with Gasteiger partial charge in [-0.3, -0.25) is 4.79 Å². The number of halogens is 3. The van der Waals surface area contributed by atoms with Crippen LogP contribution in [0.5, 0.6) is 0 Å². The van der Waals surface area contributed by atoms with Crippen molar-refractivity contribution in [1.29, 1.82) is 0 Å². The molecule has 0 radical (unpaired) electrons. The predicted molar refractivity (Wildman–Crippen MR) is 93.1 cm³/mol. The van der Waals surface area contributed by atoms with Gasteiger partial charge in [-0.15, -0.1) is 11.6 Å². The summed E-state index contributed by atoms with van der Waals surface area (Å²) >= 11 is 18.6. The fourth-order valence-corrected chi connectivity index (χ4v) is 2.78. The maximum atomic E-state index is 11.8. The maximum absolute atomic E-state index is 11.8. The first kappa shape index (κ1) is 18.3. The Kier molecular flexibility index (Phi) is 6.50. The fourth-order valence-electron chi connectivity index (χ4n) is 1.97. The van der Waals surface area contributed by atoms with Crippen LogP contribution in [0, 0.1) is 0 Å². The number of nitrogens with one attached hydrogen (secondary N) is 1. The molecule has 1 N–H and O–H groups in total. The average Bonchev–Trinajstić information content (AvgIpc) is 2.56. The first-order valence-corrected chi connectivity index (χ1v) is 8.04. The highest BCUT2D eigenvalue weighted by Crippen LogP contribution is 2.39. The summed E-state index contributed by atoms with van der Waals surface area (Å²) in [4.78, 5) is 11.8. The summed E-state index contributed by atoms with van der Waals surface area (Å²) in [5.41, 5.74) is 1.37. The molecule has 23 heavy (non-hydrogen) atoms. The van der Waals surface area contributed by atoms with E-state index in [2.05, 4.69) is 5.32 Å². The summed E-state index contributed by atoms with van der Waals surface area (Å²) in [5, 5.41) is 1.17. The van der Waals surface area contributed by atoms with Crippen molar-refractivity contribution in [2.24, 2.45) is 0 Å². The molecule has 0 saturated heterocycles. The molecule has 7 heteroatoms. The van der Waals surface area contributed by atoms with Gasteiger partial charge in [0, 0.05) is 17.8 Å². The third-order valence-corrected chi connectivity index (χ3v) is 4.97. The van der Waals surface area contributed by atoms with Crippen LogP contribution in [0.4, 0.5) is 5.69 Å². The van der Waals surface area contributed by atoms with Crippen molar-refractivity contribution in [3.63, 3.8) is 0 Å². The van der Waals surface area contributed by atoms with Crippen molar-refractivity contribution in [3.05, 3.63) is 53.1 Å². The zero-order chi connectivity index (χ0) is 16.9. The van der Waals surface area contributed by atoms with Crippen molar-refractivity contribution in [2.75, 3.05) is 25.6 Å². The lowest BCUT2D eigenvalue weighted by Crippen LogP contribution is -2.36. The summed E-state index contributed by atoms with van der Waals surface area (Å²) < 4.78 is 10.5. The van der Waals surface area contributed by atoms with E-state index in [0.717, 1.165) is 0 Å². The van der Waals surface area contributed by atoms with E-state index in [1.54, 1.807) is 24.3 Å². The topological polar surface area (TPSA) is 47.6 Å². The van der Waals surface area contributed by atoms with Crippen LogP contribution in [-0.2, 0) is 14.3 Å². The Hall–Kier alpha value is -1.04. The Labute approximate surface area is 150 Å². The van der Waals surface area contributed by atoms with E-state index in [9.17, 15) is 4.79 Å². The number of hydrogen-bond acceptors (Lipinski definition) is 3. The van der Waals surface area contributed by atoms with Crippen molar-refractivity contribution in [2.45, 2.75) is 10.4 Å². The van der Waals surface area contributed by atoms with E-state index in [0.29, 0.717) is 16.3 Å². The van der Waals surface area contributed by atoms with Gasteiger partial charge in [-0.1, -0.05) is 47.5 Å². The summed E-state index contributed by atoms with van der Waals surface area (Å²) in [6, 6.07) is 9.13. The van der Waals surface area contributed by atoms with Crippen LogP contribution in [0.1, 0.15) is 0 Å². The molecule has 1 amide bonds. The SMILES string of the molecule is COC1(Cl)C=CC(COCC(=O)Nc2ccccc2)=C(Cl)C1Cl. The number of benzene rings is 1. The summed E-state index contributed by atoms with van der Waals surface area (Å²) in [6.07, 6.45) is 3.30. The highest BCUT2D eigenvalue weighted by Gasteiger charge is 2.39. The molecule has 0 spiro atoms. The molecule has 124 valence electrons. The maximum Gasteiger partial charge on any atom is 0.250 e. The lowest BCUT2D eigenvalue weighted by atomic mass is 10.0.